The van der Waals surface area contributed by atoms with Crippen LogP contribution in [-0.4, -0.2) is 24.9 Å². The fourth-order valence-electron chi connectivity index (χ4n) is 0.828. The Balaban J connectivity index is 3.51. The van der Waals surface area contributed by atoms with E-state index in [0.29, 0.717) is 6.42 Å². The van der Waals surface area contributed by atoms with Gasteiger partial charge in [0.05, 0.1) is 6.10 Å². The van der Waals surface area contributed by atoms with E-state index in [1.807, 2.05) is 0 Å². The van der Waals surface area contributed by atoms with Gasteiger partial charge in [-0.1, -0.05) is 0 Å². The van der Waals surface area contributed by atoms with Crippen LogP contribution in [0.5, 0.6) is 0 Å². The zero-order valence-corrected chi connectivity index (χ0v) is 7.19. The number of halogens is 3. The lowest BCUT2D eigenvalue weighted by Crippen LogP contribution is -2.27. The third-order valence-electron chi connectivity index (χ3n) is 1.24. The third-order valence-corrected chi connectivity index (χ3v) is 1.24. The van der Waals surface area contributed by atoms with Crippen molar-refractivity contribution in [1.29, 1.82) is 0 Å². The molecule has 12 heavy (non-hydrogen) atoms. The molecule has 2 unspecified atom stereocenters. The maximum atomic E-state index is 11.6. The molecule has 0 aromatic rings. The molecule has 74 valence electrons. The Morgan fingerprint density at radius 2 is 1.83 bits per heavy atom. The second kappa shape index (κ2) is 4.67. The van der Waals surface area contributed by atoms with Crippen molar-refractivity contribution in [3.63, 3.8) is 0 Å². The Bertz CT molecular complexity index is 124. The van der Waals surface area contributed by atoms with E-state index in [0.717, 1.165) is 0 Å². The van der Waals surface area contributed by atoms with Gasteiger partial charge in [-0.3, -0.25) is 0 Å². The zero-order chi connectivity index (χ0) is 9.78. The molecule has 0 saturated heterocycles. The molecule has 0 spiro atoms. The summed E-state index contributed by atoms with van der Waals surface area (Å²) in [6.45, 7) is 2.11. The highest BCUT2D eigenvalue weighted by atomic mass is 19.4. The normalized spacial score (nSPS) is 17.5. The predicted molar refractivity (Wildman–Crippen MR) is 39.7 cm³/mol. The van der Waals surface area contributed by atoms with Gasteiger partial charge in [-0.15, -0.1) is 0 Å². The molecule has 0 aliphatic carbocycles. The van der Waals surface area contributed by atoms with Gasteiger partial charge < -0.3 is 10.5 Å². The molecule has 0 aliphatic rings. The SMILES string of the molecule is CC(N)CC(C)OCC(F)(F)F. The topological polar surface area (TPSA) is 35.2 Å². The molecule has 0 radical (unpaired) electrons. The molecule has 0 aliphatic heterocycles. The highest BCUT2D eigenvalue weighted by Gasteiger charge is 2.28. The monoisotopic (exact) mass is 185 g/mol. The Kier molecular flexibility index (Phi) is 4.55. The molecule has 0 aromatic heterocycles. The van der Waals surface area contributed by atoms with Gasteiger partial charge in [0.15, 0.2) is 0 Å². The Labute approximate surface area is 69.9 Å². The summed E-state index contributed by atoms with van der Waals surface area (Å²) in [7, 11) is 0. The number of hydrogen-bond donors (Lipinski definition) is 1. The molecule has 0 saturated carbocycles. The van der Waals surface area contributed by atoms with Crippen molar-refractivity contribution >= 4 is 0 Å². The largest absolute Gasteiger partial charge is 0.411 e. The van der Waals surface area contributed by atoms with Crippen molar-refractivity contribution in [2.24, 2.45) is 5.73 Å². The van der Waals surface area contributed by atoms with E-state index in [1.165, 1.54) is 0 Å². The van der Waals surface area contributed by atoms with Crippen molar-refractivity contribution in [3.05, 3.63) is 0 Å². The summed E-state index contributed by atoms with van der Waals surface area (Å²) < 4.78 is 39.3. The van der Waals surface area contributed by atoms with E-state index in [1.54, 1.807) is 13.8 Å². The van der Waals surface area contributed by atoms with Gasteiger partial charge in [-0.05, 0) is 20.3 Å². The van der Waals surface area contributed by atoms with E-state index < -0.39 is 18.9 Å². The van der Waals surface area contributed by atoms with Crippen molar-refractivity contribution in [3.8, 4) is 0 Å². The van der Waals surface area contributed by atoms with Crippen LogP contribution in [0.3, 0.4) is 0 Å². The standard InChI is InChI=1S/C7H14F3NO/c1-5(11)3-6(2)12-4-7(8,9)10/h5-6H,3-4,11H2,1-2H3. The third kappa shape index (κ3) is 7.81. The van der Waals surface area contributed by atoms with Crippen LogP contribution < -0.4 is 5.73 Å². The zero-order valence-electron chi connectivity index (χ0n) is 7.19. The van der Waals surface area contributed by atoms with E-state index in [-0.39, 0.29) is 6.04 Å². The maximum Gasteiger partial charge on any atom is 0.411 e. The summed E-state index contributed by atoms with van der Waals surface area (Å²) in [6.07, 6.45) is -4.24. The fourth-order valence-corrected chi connectivity index (χ4v) is 0.828. The summed E-state index contributed by atoms with van der Waals surface area (Å²) in [6, 6.07) is -0.131. The van der Waals surface area contributed by atoms with E-state index in [4.69, 9.17) is 5.73 Å². The van der Waals surface area contributed by atoms with Crippen molar-refractivity contribution in [2.45, 2.75) is 38.6 Å². The lowest BCUT2D eigenvalue weighted by atomic mass is 10.2. The first-order valence-corrected chi connectivity index (χ1v) is 3.75. The number of nitrogens with two attached hydrogens (primary N) is 1. The second-order valence-electron chi connectivity index (χ2n) is 2.95. The molecular weight excluding hydrogens is 171 g/mol. The number of hydrogen-bond acceptors (Lipinski definition) is 2. The van der Waals surface area contributed by atoms with Gasteiger partial charge in [0, 0.05) is 6.04 Å². The van der Waals surface area contributed by atoms with Crippen LogP contribution in [0.15, 0.2) is 0 Å². The highest BCUT2D eigenvalue weighted by molar-refractivity contribution is 4.60. The molecule has 0 fully saturated rings. The van der Waals surface area contributed by atoms with Gasteiger partial charge in [0.25, 0.3) is 0 Å². The molecule has 5 heteroatoms. The molecule has 2 atom stereocenters. The van der Waals surface area contributed by atoms with E-state index in [9.17, 15) is 13.2 Å². The van der Waals surface area contributed by atoms with Gasteiger partial charge in [0.1, 0.15) is 6.61 Å². The molecule has 0 rings (SSSR count). The first kappa shape index (κ1) is 11.7. The van der Waals surface area contributed by atoms with E-state index >= 15 is 0 Å². The van der Waals surface area contributed by atoms with Gasteiger partial charge in [-0.25, -0.2) is 0 Å². The summed E-state index contributed by atoms with van der Waals surface area (Å²) >= 11 is 0. The van der Waals surface area contributed by atoms with Crippen LogP contribution in [-0.2, 0) is 4.74 Å². The quantitative estimate of drug-likeness (QED) is 0.723. The highest BCUT2D eigenvalue weighted by Crippen LogP contribution is 2.16. The van der Waals surface area contributed by atoms with Gasteiger partial charge in [0.2, 0.25) is 0 Å². The Morgan fingerprint density at radius 3 is 2.17 bits per heavy atom. The minimum Gasteiger partial charge on any atom is -0.369 e. The summed E-state index contributed by atoms with van der Waals surface area (Å²) in [5.74, 6) is 0. The predicted octanol–water partition coefficient (Wildman–Crippen LogP) is 1.69. The van der Waals surface area contributed by atoms with Crippen LogP contribution >= 0.6 is 0 Å². The van der Waals surface area contributed by atoms with Crippen LogP contribution in [0.1, 0.15) is 20.3 Å². The average molecular weight is 185 g/mol. The summed E-state index contributed by atoms with van der Waals surface area (Å²) in [4.78, 5) is 0. The molecule has 0 amide bonds. The number of rotatable bonds is 4. The fraction of sp³-hybridized carbons (Fsp3) is 1.00. The Morgan fingerprint density at radius 1 is 1.33 bits per heavy atom. The molecule has 0 aromatic carbocycles. The molecule has 2 nitrogen and oxygen atoms in total. The van der Waals surface area contributed by atoms with Gasteiger partial charge in [-0.2, -0.15) is 13.2 Å². The lowest BCUT2D eigenvalue weighted by Gasteiger charge is -2.16. The molecule has 0 heterocycles. The first-order chi connectivity index (χ1) is 5.31. The Hall–Kier alpha value is -0.290. The van der Waals surface area contributed by atoms with Crippen molar-refractivity contribution < 1.29 is 17.9 Å². The minimum atomic E-state index is -4.24. The maximum absolute atomic E-state index is 11.6. The van der Waals surface area contributed by atoms with Crippen LogP contribution in [0.4, 0.5) is 13.2 Å². The van der Waals surface area contributed by atoms with Crippen molar-refractivity contribution in [2.75, 3.05) is 6.61 Å². The minimum absolute atomic E-state index is 0.131. The number of alkyl halides is 3. The first-order valence-electron chi connectivity index (χ1n) is 3.75. The summed E-state index contributed by atoms with van der Waals surface area (Å²) in [5.41, 5.74) is 5.37. The summed E-state index contributed by atoms with van der Waals surface area (Å²) in [5, 5.41) is 0. The average Bonchev–Trinajstić information content (AvgIpc) is 1.80. The molecule has 2 N–H and O–H groups in total. The van der Waals surface area contributed by atoms with Crippen LogP contribution in [0, 0.1) is 0 Å². The van der Waals surface area contributed by atoms with Crippen molar-refractivity contribution in [1.82, 2.24) is 0 Å². The number of ether oxygens (including phenoxy) is 1. The van der Waals surface area contributed by atoms with Crippen LogP contribution in [0.25, 0.3) is 0 Å². The second-order valence-corrected chi connectivity index (χ2v) is 2.95. The molecule has 0 bridgehead atoms. The van der Waals surface area contributed by atoms with Gasteiger partial charge >= 0.3 is 6.18 Å². The molecular formula is C7H14F3NO. The van der Waals surface area contributed by atoms with Crippen LogP contribution in [0.2, 0.25) is 0 Å². The van der Waals surface area contributed by atoms with E-state index in [2.05, 4.69) is 4.74 Å². The smallest absolute Gasteiger partial charge is 0.369 e. The lowest BCUT2D eigenvalue weighted by molar-refractivity contribution is -0.184.